The zero-order valence-corrected chi connectivity index (χ0v) is 11.0. The number of nitrogens with zero attached hydrogens (tertiary/aromatic N) is 3. The maximum atomic E-state index is 4.17. The van der Waals surface area contributed by atoms with Gasteiger partial charge in [-0.05, 0) is 19.8 Å². The second-order valence-corrected chi connectivity index (χ2v) is 5.23. The van der Waals surface area contributed by atoms with Crippen LogP contribution in [0.2, 0.25) is 0 Å². The Bertz CT molecular complexity index is 326. The molecule has 1 aliphatic rings. The van der Waals surface area contributed by atoms with Gasteiger partial charge in [-0.15, -0.1) is 10.2 Å². The number of hydrogen-bond acceptors (Lipinski definition) is 3. The standard InChI is InChI=1S/C13H24N4/c1-11(13-16-14-10-17(13)2)15-12-8-6-4-3-5-7-9-12/h10-12,15H,3-9H2,1-2H3. The van der Waals surface area contributed by atoms with Gasteiger partial charge in [-0.1, -0.05) is 32.1 Å². The lowest BCUT2D eigenvalue weighted by molar-refractivity contribution is 0.354. The minimum atomic E-state index is 0.298. The second kappa shape index (κ2) is 6.15. The van der Waals surface area contributed by atoms with Crippen molar-refractivity contribution in [3.05, 3.63) is 12.2 Å². The number of nitrogens with one attached hydrogen (secondary N) is 1. The van der Waals surface area contributed by atoms with Gasteiger partial charge >= 0.3 is 0 Å². The highest BCUT2D eigenvalue weighted by molar-refractivity contribution is 4.93. The van der Waals surface area contributed by atoms with E-state index in [-0.39, 0.29) is 0 Å². The van der Waals surface area contributed by atoms with Crippen LogP contribution in [0.1, 0.15) is 63.7 Å². The summed E-state index contributed by atoms with van der Waals surface area (Å²) in [6.07, 6.45) is 11.3. The van der Waals surface area contributed by atoms with Crippen molar-refractivity contribution in [3.8, 4) is 0 Å². The van der Waals surface area contributed by atoms with Gasteiger partial charge in [-0.3, -0.25) is 0 Å². The molecule has 17 heavy (non-hydrogen) atoms. The minimum absolute atomic E-state index is 0.298. The molecule has 1 heterocycles. The second-order valence-electron chi connectivity index (χ2n) is 5.23. The van der Waals surface area contributed by atoms with E-state index in [9.17, 15) is 0 Å². The van der Waals surface area contributed by atoms with Crippen LogP contribution in [-0.4, -0.2) is 20.8 Å². The third-order valence-corrected chi connectivity index (χ3v) is 3.72. The van der Waals surface area contributed by atoms with Gasteiger partial charge in [0.25, 0.3) is 0 Å². The molecule has 1 unspecified atom stereocenters. The van der Waals surface area contributed by atoms with E-state index in [0.717, 1.165) is 5.82 Å². The summed E-state index contributed by atoms with van der Waals surface area (Å²) < 4.78 is 2.00. The van der Waals surface area contributed by atoms with E-state index < -0.39 is 0 Å². The third-order valence-electron chi connectivity index (χ3n) is 3.72. The van der Waals surface area contributed by atoms with Gasteiger partial charge in [0.15, 0.2) is 0 Å². The first kappa shape index (κ1) is 12.6. The van der Waals surface area contributed by atoms with Gasteiger partial charge in [0, 0.05) is 13.1 Å². The summed E-state index contributed by atoms with van der Waals surface area (Å²) in [6.45, 7) is 2.18. The van der Waals surface area contributed by atoms with Gasteiger partial charge < -0.3 is 9.88 Å². The predicted molar refractivity (Wildman–Crippen MR) is 68.7 cm³/mol. The van der Waals surface area contributed by atoms with Crippen LogP contribution in [0, 0.1) is 0 Å². The molecule has 0 saturated heterocycles. The molecule has 1 fully saturated rings. The van der Waals surface area contributed by atoms with Crippen molar-refractivity contribution in [2.24, 2.45) is 7.05 Å². The summed E-state index contributed by atoms with van der Waals surface area (Å²) in [5.41, 5.74) is 0. The highest BCUT2D eigenvalue weighted by Gasteiger charge is 2.17. The fraction of sp³-hybridized carbons (Fsp3) is 0.846. The van der Waals surface area contributed by atoms with E-state index in [2.05, 4.69) is 22.4 Å². The number of aromatic nitrogens is 3. The summed E-state index contributed by atoms with van der Waals surface area (Å²) in [6, 6.07) is 0.953. The monoisotopic (exact) mass is 236 g/mol. The molecule has 1 aromatic heterocycles. The van der Waals surface area contributed by atoms with Crippen LogP contribution in [0.3, 0.4) is 0 Å². The topological polar surface area (TPSA) is 42.7 Å². The van der Waals surface area contributed by atoms with Crippen LogP contribution >= 0.6 is 0 Å². The van der Waals surface area contributed by atoms with E-state index in [1.807, 2.05) is 11.6 Å². The molecule has 4 nitrogen and oxygen atoms in total. The van der Waals surface area contributed by atoms with Crippen molar-refractivity contribution in [2.45, 2.75) is 64.0 Å². The molecular formula is C13H24N4. The van der Waals surface area contributed by atoms with Gasteiger partial charge in [-0.2, -0.15) is 0 Å². The summed E-state index contributed by atoms with van der Waals surface area (Å²) in [4.78, 5) is 0. The SMILES string of the molecule is CC(NC1CCCCCCC1)c1nncn1C. The summed E-state index contributed by atoms with van der Waals surface area (Å²) in [5, 5.41) is 11.8. The van der Waals surface area contributed by atoms with Crippen LogP contribution in [0.15, 0.2) is 6.33 Å². The molecule has 1 N–H and O–H groups in total. The Kier molecular flexibility index (Phi) is 4.54. The molecule has 96 valence electrons. The maximum absolute atomic E-state index is 4.17. The van der Waals surface area contributed by atoms with Gasteiger partial charge in [0.1, 0.15) is 12.2 Å². The predicted octanol–water partition coefficient (Wildman–Crippen LogP) is 2.58. The highest BCUT2D eigenvalue weighted by Crippen LogP contribution is 2.19. The zero-order valence-electron chi connectivity index (χ0n) is 11.0. The Balaban J connectivity index is 1.88. The Morgan fingerprint density at radius 2 is 1.88 bits per heavy atom. The molecule has 0 bridgehead atoms. The Hall–Kier alpha value is -0.900. The Labute approximate surface area is 104 Å². The quantitative estimate of drug-likeness (QED) is 0.877. The molecule has 1 aromatic rings. The molecule has 1 aliphatic carbocycles. The normalized spacial score (nSPS) is 20.8. The first-order valence-corrected chi connectivity index (χ1v) is 6.87. The maximum Gasteiger partial charge on any atom is 0.149 e. The van der Waals surface area contributed by atoms with Crippen molar-refractivity contribution in [1.82, 2.24) is 20.1 Å². The summed E-state index contributed by atoms with van der Waals surface area (Å²) in [7, 11) is 2.01. The van der Waals surface area contributed by atoms with Crippen LogP contribution in [0.25, 0.3) is 0 Å². The van der Waals surface area contributed by atoms with Crippen molar-refractivity contribution in [2.75, 3.05) is 0 Å². The Morgan fingerprint density at radius 3 is 2.47 bits per heavy atom. The molecule has 0 aromatic carbocycles. The molecule has 1 atom stereocenters. The summed E-state index contributed by atoms with van der Waals surface area (Å²) >= 11 is 0. The first-order valence-electron chi connectivity index (χ1n) is 6.87. The van der Waals surface area contributed by atoms with Crippen LogP contribution in [0.4, 0.5) is 0 Å². The third kappa shape index (κ3) is 3.53. The molecular weight excluding hydrogens is 212 g/mol. The van der Waals surface area contributed by atoms with Crippen molar-refractivity contribution in [1.29, 1.82) is 0 Å². The smallest absolute Gasteiger partial charge is 0.149 e. The molecule has 0 aliphatic heterocycles. The average molecular weight is 236 g/mol. The van der Waals surface area contributed by atoms with Crippen LogP contribution in [0.5, 0.6) is 0 Å². The average Bonchev–Trinajstić information content (AvgIpc) is 2.68. The lowest BCUT2D eigenvalue weighted by Crippen LogP contribution is -2.33. The lowest BCUT2D eigenvalue weighted by atomic mass is 9.96. The highest BCUT2D eigenvalue weighted by atomic mass is 15.3. The number of hydrogen-bond donors (Lipinski definition) is 1. The van der Waals surface area contributed by atoms with E-state index in [0.29, 0.717) is 12.1 Å². The van der Waals surface area contributed by atoms with E-state index in [1.165, 1.54) is 44.9 Å². The molecule has 0 radical (unpaired) electrons. The van der Waals surface area contributed by atoms with Crippen LogP contribution in [-0.2, 0) is 7.05 Å². The molecule has 0 amide bonds. The molecule has 0 spiro atoms. The summed E-state index contributed by atoms with van der Waals surface area (Å²) in [5.74, 6) is 1.03. The van der Waals surface area contributed by atoms with Crippen molar-refractivity contribution in [3.63, 3.8) is 0 Å². The minimum Gasteiger partial charge on any atom is -0.319 e. The zero-order chi connectivity index (χ0) is 12.1. The largest absolute Gasteiger partial charge is 0.319 e. The van der Waals surface area contributed by atoms with Gasteiger partial charge in [0.05, 0.1) is 6.04 Å². The lowest BCUT2D eigenvalue weighted by Gasteiger charge is -2.24. The molecule has 4 heteroatoms. The fourth-order valence-electron chi connectivity index (χ4n) is 2.74. The fourth-order valence-corrected chi connectivity index (χ4v) is 2.74. The molecule has 2 rings (SSSR count). The van der Waals surface area contributed by atoms with E-state index >= 15 is 0 Å². The van der Waals surface area contributed by atoms with Gasteiger partial charge in [-0.25, -0.2) is 0 Å². The number of aryl methyl sites for hydroxylation is 1. The van der Waals surface area contributed by atoms with Crippen LogP contribution < -0.4 is 5.32 Å². The van der Waals surface area contributed by atoms with Gasteiger partial charge in [0.2, 0.25) is 0 Å². The first-order chi connectivity index (χ1) is 8.27. The van der Waals surface area contributed by atoms with Crippen molar-refractivity contribution >= 4 is 0 Å². The van der Waals surface area contributed by atoms with Crippen molar-refractivity contribution < 1.29 is 0 Å². The van der Waals surface area contributed by atoms with E-state index in [4.69, 9.17) is 0 Å². The Morgan fingerprint density at radius 1 is 1.24 bits per heavy atom. The number of rotatable bonds is 3. The van der Waals surface area contributed by atoms with E-state index in [1.54, 1.807) is 6.33 Å². The molecule has 1 saturated carbocycles.